The highest BCUT2D eigenvalue weighted by atomic mass is 16.5. The van der Waals surface area contributed by atoms with Gasteiger partial charge in [0.15, 0.2) is 0 Å². The van der Waals surface area contributed by atoms with Crippen molar-refractivity contribution in [1.29, 1.82) is 0 Å². The Kier molecular flexibility index (Phi) is 8.25. The molecule has 108 valence electrons. The normalized spacial score (nSPS) is 13.7. The molecule has 0 aliphatic rings. The predicted molar refractivity (Wildman–Crippen MR) is 76.6 cm³/mol. The molecule has 0 radical (unpaired) electrons. The van der Waals surface area contributed by atoms with Gasteiger partial charge < -0.3 is 10.1 Å². The zero-order chi connectivity index (χ0) is 14.2. The molecular weight excluding hydrogens is 226 g/mol. The molecule has 0 rings (SSSR count). The molecule has 1 unspecified atom stereocenters. The van der Waals surface area contributed by atoms with Gasteiger partial charge in [-0.15, -0.1) is 0 Å². The van der Waals surface area contributed by atoms with E-state index in [0.29, 0.717) is 23.8 Å². The Bertz CT molecular complexity index is 237. The van der Waals surface area contributed by atoms with E-state index in [2.05, 4.69) is 44.7 Å². The first-order valence-electron chi connectivity index (χ1n) is 7.12. The fourth-order valence-electron chi connectivity index (χ4n) is 1.91. The number of nitrogens with one attached hydrogen (secondary N) is 1. The molecule has 0 heterocycles. The second-order valence-corrected chi connectivity index (χ2v) is 6.21. The highest BCUT2D eigenvalue weighted by Gasteiger charge is 2.23. The number of ether oxygens (including phenoxy) is 1. The van der Waals surface area contributed by atoms with Crippen LogP contribution in [0.5, 0.6) is 0 Å². The lowest BCUT2D eigenvalue weighted by molar-refractivity contribution is -0.140. The summed E-state index contributed by atoms with van der Waals surface area (Å²) in [6.07, 6.45) is 3.73. The first-order valence-corrected chi connectivity index (χ1v) is 7.12. The van der Waals surface area contributed by atoms with Crippen molar-refractivity contribution in [3.8, 4) is 0 Å². The second kappa shape index (κ2) is 8.52. The summed E-state index contributed by atoms with van der Waals surface area (Å²) < 4.78 is 4.64. The van der Waals surface area contributed by atoms with Gasteiger partial charge in [-0.1, -0.05) is 41.0 Å². The third-order valence-electron chi connectivity index (χ3n) is 3.73. The minimum atomic E-state index is -0.119. The number of hydrogen-bond acceptors (Lipinski definition) is 3. The van der Waals surface area contributed by atoms with Crippen LogP contribution >= 0.6 is 0 Å². The molecule has 0 fully saturated rings. The number of rotatable bonds is 9. The van der Waals surface area contributed by atoms with Gasteiger partial charge in [0.1, 0.15) is 0 Å². The van der Waals surface area contributed by atoms with Crippen LogP contribution < -0.4 is 5.32 Å². The molecule has 0 spiro atoms. The first-order chi connectivity index (χ1) is 8.32. The zero-order valence-corrected chi connectivity index (χ0v) is 13.0. The summed E-state index contributed by atoms with van der Waals surface area (Å²) in [5.41, 5.74) is 0.379. The molecule has 3 nitrogen and oxygen atoms in total. The summed E-state index contributed by atoms with van der Waals surface area (Å²) in [5.74, 6) is 0.501. The van der Waals surface area contributed by atoms with Crippen molar-refractivity contribution in [3.63, 3.8) is 0 Å². The molecule has 0 bridgehead atoms. The molecule has 18 heavy (non-hydrogen) atoms. The average Bonchev–Trinajstić information content (AvgIpc) is 2.32. The molecule has 0 aliphatic heterocycles. The molecule has 1 N–H and O–H groups in total. The second-order valence-electron chi connectivity index (χ2n) is 6.21. The van der Waals surface area contributed by atoms with Crippen LogP contribution in [0.4, 0.5) is 0 Å². The van der Waals surface area contributed by atoms with Crippen molar-refractivity contribution in [2.45, 2.75) is 66.3 Å². The number of carbonyl (C=O) groups is 1. The Labute approximate surface area is 113 Å². The van der Waals surface area contributed by atoms with Crippen molar-refractivity contribution >= 4 is 5.97 Å². The Morgan fingerprint density at radius 3 is 2.39 bits per heavy atom. The van der Waals surface area contributed by atoms with E-state index >= 15 is 0 Å². The molecule has 0 saturated heterocycles. The van der Waals surface area contributed by atoms with E-state index in [4.69, 9.17) is 0 Å². The summed E-state index contributed by atoms with van der Waals surface area (Å²) in [5, 5.41) is 3.58. The van der Waals surface area contributed by atoms with Crippen LogP contribution in [0.2, 0.25) is 0 Å². The van der Waals surface area contributed by atoms with E-state index in [1.54, 1.807) is 0 Å². The van der Waals surface area contributed by atoms with Crippen LogP contribution in [0.3, 0.4) is 0 Å². The maximum absolute atomic E-state index is 11.0. The van der Waals surface area contributed by atoms with Crippen molar-refractivity contribution in [3.05, 3.63) is 0 Å². The van der Waals surface area contributed by atoms with Gasteiger partial charge in [0.05, 0.1) is 7.11 Å². The Balaban J connectivity index is 4.02. The number of methoxy groups -OCH3 is 1. The van der Waals surface area contributed by atoms with Gasteiger partial charge >= 0.3 is 5.97 Å². The summed E-state index contributed by atoms with van der Waals surface area (Å²) >= 11 is 0. The van der Waals surface area contributed by atoms with Crippen LogP contribution in [-0.4, -0.2) is 25.7 Å². The van der Waals surface area contributed by atoms with E-state index in [9.17, 15) is 4.79 Å². The molecule has 0 saturated carbocycles. The highest BCUT2D eigenvalue weighted by Crippen LogP contribution is 2.28. The van der Waals surface area contributed by atoms with E-state index in [-0.39, 0.29) is 5.97 Å². The van der Waals surface area contributed by atoms with Crippen LogP contribution in [0.15, 0.2) is 0 Å². The maximum atomic E-state index is 11.0. The van der Waals surface area contributed by atoms with Gasteiger partial charge in [-0.05, 0) is 30.7 Å². The third kappa shape index (κ3) is 7.70. The summed E-state index contributed by atoms with van der Waals surface area (Å²) in [6, 6.07) is 0.526. The fraction of sp³-hybridized carbons (Fsp3) is 0.933. The Morgan fingerprint density at radius 1 is 1.33 bits per heavy atom. The van der Waals surface area contributed by atoms with Crippen molar-refractivity contribution in [2.75, 3.05) is 13.7 Å². The van der Waals surface area contributed by atoms with E-state index in [0.717, 1.165) is 13.0 Å². The molecule has 1 atom stereocenters. The molecule has 0 amide bonds. The quantitative estimate of drug-likeness (QED) is 0.508. The van der Waals surface area contributed by atoms with Crippen LogP contribution in [0.25, 0.3) is 0 Å². The lowest BCUT2D eigenvalue weighted by Gasteiger charge is -2.31. The lowest BCUT2D eigenvalue weighted by Crippen LogP contribution is -2.38. The minimum absolute atomic E-state index is 0.119. The van der Waals surface area contributed by atoms with Gasteiger partial charge in [0, 0.05) is 12.5 Å². The SMILES string of the molecule is CCC(C)(C)CC(NCCCC(=O)OC)C(C)C. The van der Waals surface area contributed by atoms with E-state index < -0.39 is 0 Å². The van der Waals surface area contributed by atoms with Gasteiger partial charge in [-0.2, -0.15) is 0 Å². The topological polar surface area (TPSA) is 38.3 Å². The third-order valence-corrected chi connectivity index (χ3v) is 3.73. The van der Waals surface area contributed by atoms with E-state index in [1.165, 1.54) is 20.0 Å². The molecule has 0 aromatic carbocycles. The van der Waals surface area contributed by atoms with Gasteiger partial charge in [0.25, 0.3) is 0 Å². The van der Waals surface area contributed by atoms with Gasteiger partial charge in [-0.3, -0.25) is 4.79 Å². The van der Waals surface area contributed by atoms with E-state index in [1.807, 2.05) is 0 Å². The summed E-state index contributed by atoms with van der Waals surface area (Å²) in [6.45, 7) is 12.3. The number of hydrogen-bond donors (Lipinski definition) is 1. The maximum Gasteiger partial charge on any atom is 0.305 e. The minimum Gasteiger partial charge on any atom is -0.469 e. The number of carbonyl (C=O) groups excluding carboxylic acids is 1. The van der Waals surface area contributed by atoms with Crippen LogP contribution in [0, 0.1) is 11.3 Å². The monoisotopic (exact) mass is 257 g/mol. The first kappa shape index (κ1) is 17.4. The predicted octanol–water partition coefficient (Wildman–Crippen LogP) is 3.38. The van der Waals surface area contributed by atoms with Crippen LogP contribution in [-0.2, 0) is 9.53 Å². The molecule has 0 aromatic heterocycles. The fourth-order valence-corrected chi connectivity index (χ4v) is 1.91. The molecular formula is C15H31NO2. The zero-order valence-electron chi connectivity index (χ0n) is 13.0. The average molecular weight is 257 g/mol. The summed E-state index contributed by atoms with van der Waals surface area (Å²) in [4.78, 5) is 11.0. The smallest absolute Gasteiger partial charge is 0.305 e. The van der Waals surface area contributed by atoms with Crippen molar-refractivity contribution < 1.29 is 9.53 Å². The molecule has 3 heteroatoms. The number of esters is 1. The Morgan fingerprint density at radius 2 is 1.94 bits per heavy atom. The highest BCUT2D eigenvalue weighted by molar-refractivity contribution is 5.69. The molecule has 0 aliphatic carbocycles. The largest absolute Gasteiger partial charge is 0.469 e. The lowest BCUT2D eigenvalue weighted by atomic mass is 9.80. The standard InChI is InChI=1S/C15H31NO2/c1-7-15(4,5)11-13(12(2)3)16-10-8-9-14(17)18-6/h12-13,16H,7-11H2,1-6H3. The van der Waals surface area contributed by atoms with Gasteiger partial charge in [0.2, 0.25) is 0 Å². The van der Waals surface area contributed by atoms with Gasteiger partial charge in [-0.25, -0.2) is 0 Å². The summed E-state index contributed by atoms with van der Waals surface area (Å²) in [7, 11) is 1.44. The van der Waals surface area contributed by atoms with Crippen LogP contribution in [0.1, 0.15) is 60.3 Å². The van der Waals surface area contributed by atoms with Crippen molar-refractivity contribution in [1.82, 2.24) is 5.32 Å². The Hall–Kier alpha value is -0.570. The van der Waals surface area contributed by atoms with Crippen molar-refractivity contribution in [2.24, 2.45) is 11.3 Å². The molecule has 0 aromatic rings.